The van der Waals surface area contributed by atoms with E-state index in [0.29, 0.717) is 11.2 Å². The van der Waals surface area contributed by atoms with Crippen molar-refractivity contribution in [2.24, 2.45) is 0 Å². The van der Waals surface area contributed by atoms with E-state index in [9.17, 15) is 0 Å². The van der Waals surface area contributed by atoms with Gasteiger partial charge in [0.05, 0.1) is 0 Å². The van der Waals surface area contributed by atoms with Crippen LogP contribution in [-0.4, -0.2) is 17.1 Å². The number of halogens is 1. The third kappa shape index (κ3) is 1.87. The first kappa shape index (κ1) is 10.3. The molecule has 0 unspecified atom stereocenters. The van der Waals surface area contributed by atoms with Gasteiger partial charge in [-0.2, -0.15) is 0 Å². The van der Waals surface area contributed by atoms with E-state index in [-0.39, 0.29) is 0 Å². The number of hydrogen-bond donors (Lipinski definition) is 1. The first-order valence-corrected chi connectivity index (χ1v) is 6.29. The highest BCUT2D eigenvalue weighted by molar-refractivity contribution is 6.29. The smallest absolute Gasteiger partial charge is 0.129 e. The Bertz CT molecular complexity index is 410. The van der Waals surface area contributed by atoms with Crippen LogP contribution in [0.4, 0.5) is 0 Å². The van der Waals surface area contributed by atoms with Gasteiger partial charge in [0, 0.05) is 18.3 Å². The molecule has 0 spiro atoms. The molecule has 1 fully saturated rings. The Morgan fingerprint density at radius 1 is 1.25 bits per heavy atom. The second-order valence-corrected chi connectivity index (χ2v) is 4.99. The molecular weight excluding hydrogens is 220 g/mol. The van der Waals surface area contributed by atoms with Gasteiger partial charge in [-0.25, -0.2) is 4.98 Å². The van der Waals surface area contributed by atoms with Gasteiger partial charge < -0.3 is 5.32 Å². The molecule has 84 valence electrons. The van der Waals surface area contributed by atoms with E-state index in [1.165, 1.54) is 36.8 Å². The minimum atomic E-state index is 0.524. The normalized spacial score (nSPS) is 28.7. The largest absolute Gasteiger partial charge is 0.307 e. The minimum absolute atomic E-state index is 0.524. The van der Waals surface area contributed by atoms with Crippen LogP contribution in [0.15, 0.2) is 24.4 Å². The lowest BCUT2D eigenvalue weighted by Gasteiger charge is -2.15. The van der Waals surface area contributed by atoms with E-state index >= 15 is 0 Å². The molecule has 3 rings (SSSR count). The maximum absolute atomic E-state index is 5.82. The van der Waals surface area contributed by atoms with Gasteiger partial charge in [-0.3, -0.25) is 0 Å². The molecule has 2 atom stereocenters. The molecular formula is C13H15ClN2. The van der Waals surface area contributed by atoms with Gasteiger partial charge >= 0.3 is 0 Å². The molecule has 2 bridgehead atoms. The molecule has 1 aromatic heterocycles. The Hall–Kier alpha value is -0.860. The highest BCUT2D eigenvalue weighted by atomic mass is 35.5. The number of aromatic nitrogens is 1. The summed E-state index contributed by atoms with van der Waals surface area (Å²) < 4.78 is 0. The van der Waals surface area contributed by atoms with Gasteiger partial charge in [-0.15, -0.1) is 0 Å². The van der Waals surface area contributed by atoms with Crippen LogP contribution < -0.4 is 5.32 Å². The lowest BCUT2D eigenvalue weighted by Crippen LogP contribution is -2.28. The molecule has 3 heterocycles. The number of hydrogen-bond acceptors (Lipinski definition) is 2. The van der Waals surface area contributed by atoms with Crippen molar-refractivity contribution in [2.75, 3.05) is 0 Å². The zero-order valence-electron chi connectivity index (χ0n) is 9.12. The van der Waals surface area contributed by atoms with Gasteiger partial charge in [0.15, 0.2) is 0 Å². The zero-order chi connectivity index (χ0) is 11.0. The van der Waals surface area contributed by atoms with Gasteiger partial charge in [0.2, 0.25) is 0 Å². The van der Waals surface area contributed by atoms with E-state index in [0.717, 1.165) is 6.04 Å². The van der Waals surface area contributed by atoms with E-state index in [4.69, 9.17) is 11.6 Å². The van der Waals surface area contributed by atoms with Crippen LogP contribution in [0, 0.1) is 0 Å². The monoisotopic (exact) mass is 234 g/mol. The molecule has 2 aliphatic heterocycles. The van der Waals surface area contributed by atoms with Gasteiger partial charge in [0.25, 0.3) is 0 Å². The summed E-state index contributed by atoms with van der Waals surface area (Å²) in [5.74, 6) is 0. The van der Waals surface area contributed by atoms with Crippen molar-refractivity contribution in [1.82, 2.24) is 10.3 Å². The van der Waals surface area contributed by atoms with E-state index in [2.05, 4.69) is 22.4 Å². The number of allylic oxidation sites excluding steroid dienone is 1. The van der Waals surface area contributed by atoms with Gasteiger partial charge in [-0.1, -0.05) is 23.7 Å². The number of fused-ring (bicyclic) bond motifs is 2. The van der Waals surface area contributed by atoms with E-state index in [1.807, 2.05) is 12.3 Å². The molecule has 0 amide bonds. The molecule has 0 saturated carbocycles. The Kier molecular flexibility index (Phi) is 2.70. The SMILES string of the molecule is Clc1ccc(C2=CCC[C@@H]3CC[C@H]2N3)cn1. The van der Waals surface area contributed by atoms with Crippen molar-refractivity contribution in [3.63, 3.8) is 0 Å². The topological polar surface area (TPSA) is 24.9 Å². The fourth-order valence-electron chi connectivity index (χ4n) is 2.74. The highest BCUT2D eigenvalue weighted by Crippen LogP contribution is 2.31. The summed E-state index contributed by atoms with van der Waals surface area (Å²) in [6.07, 6.45) is 9.24. The van der Waals surface area contributed by atoms with Crippen molar-refractivity contribution in [2.45, 2.75) is 37.8 Å². The summed E-state index contributed by atoms with van der Waals surface area (Å²) in [5, 5.41) is 4.25. The van der Waals surface area contributed by atoms with E-state index < -0.39 is 0 Å². The summed E-state index contributed by atoms with van der Waals surface area (Å²) in [7, 11) is 0. The molecule has 2 nitrogen and oxygen atoms in total. The lowest BCUT2D eigenvalue weighted by atomic mass is 9.95. The molecule has 1 saturated heterocycles. The van der Waals surface area contributed by atoms with Crippen LogP contribution >= 0.6 is 11.6 Å². The number of nitrogens with one attached hydrogen (secondary N) is 1. The average Bonchev–Trinajstić information content (AvgIpc) is 2.63. The first-order chi connectivity index (χ1) is 7.83. The molecule has 1 N–H and O–H groups in total. The van der Waals surface area contributed by atoms with Crippen LogP contribution in [0.25, 0.3) is 5.57 Å². The summed E-state index contributed by atoms with van der Waals surface area (Å²) in [6.45, 7) is 0. The Balaban J connectivity index is 1.92. The minimum Gasteiger partial charge on any atom is -0.307 e. The Morgan fingerprint density at radius 2 is 2.19 bits per heavy atom. The van der Waals surface area contributed by atoms with Crippen molar-refractivity contribution in [3.8, 4) is 0 Å². The summed E-state index contributed by atoms with van der Waals surface area (Å²) in [6, 6.07) is 5.19. The number of rotatable bonds is 1. The predicted octanol–water partition coefficient (Wildman–Crippen LogP) is 3.03. The standard InChI is InChI=1S/C13H15ClN2/c14-13-7-4-9(8-15-13)11-3-1-2-10-5-6-12(11)16-10/h3-4,7-8,10,12,16H,1-2,5-6H2/t10-,12-/m1/s1. The fourth-order valence-corrected chi connectivity index (χ4v) is 2.85. The Labute approximate surface area is 101 Å². The van der Waals surface area contributed by atoms with Crippen LogP contribution in [0.3, 0.4) is 0 Å². The summed E-state index contributed by atoms with van der Waals surface area (Å²) in [5.41, 5.74) is 2.62. The van der Waals surface area contributed by atoms with Crippen LogP contribution in [-0.2, 0) is 0 Å². The summed E-state index contributed by atoms with van der Waals surface area (Å²) in [4.78, 5) is 4.16. The maximum atomic E-state index is 5.82. The third-order valence-corrected chi connectivity index (χ3v) is 3.78. The quantitative estimate of drug-likeness (QED) is 0.756. The van der Waals surface area contributed by atoms with Gasteiger partial charge in [-0.05, 0) is 42.9 Å². The molecule has 0 aromatic carbocycles. The van der Waals surface area contributed by atoms with Crippen LogP contribution in [0.5, 0.6) is 0 Å². The molecule has 0 aliphatic carbocycles. The molecule has 0 radical (unpaired) electrons. The van der Waals surface area contributed by atoms with Crippen LogP contribution in [0.2, 0.25) is 5.15 Å². The maximum Gasteiger partial charge on any atom is 0.129 e. The third-order valence-electron chi connectivity index (χ3n) is 3.56. The van der Waals surface area contributed by atoms with Gasteiger partial charge in [0.1, 0.15) is 5.15 Å². The molecule has 1 aromatic rings. The predicted molar refractivity (Wildman–Crippen MR) is 66.4 cm³/mol. The van der Waals surface area contributed by atoms with E-state index in [1.54, 1.807) is 0 Å². The fraction of sp³-hybridized carbons (Fsp3) is 0.462. The van der Waals surface area contributed by atoms with Crippen molar-refractivity contribution in [1.29, 1.82) is 0 Å². The molecule has 16 heavy (non-hydrogen) atoms. The highest BCUT2D eigenvalue weighted by Gasteiger charge is 2.28. The second kappa shape index (κ2) is 4.19. The van der Waals surface area contributed by atoms with Crippen LogP contribution in [0.1, 0.15) is 31.2 Å². The Morgan fingerprint density at radius 3 is 3.00 bits per heavy atom. The lowest BCUT2D eigenvalue weighted by molar-refractivity contribution is 0.559. The first-order valence-electron chi connectivity index (χ1n) is 5.91. The molecule has 3 heteroatoms. The summed E-state index contributed by atoms with van der Waals surface area (Å²) >= 11 is 5.82. The zero-order valence-corrected chi connectivity index (χ0v) is 9.87. The average molecular weight is 235 g/mol. The number of pyridine rings is 1. The second-order valence-electron chi connectivity index (χ2n) is 4.60. The van der Waals surface area contributed by atoms with Crippen molar-refractivity contribution < 1.29 is 0 Å². The number of nitrogens with zero attached hydrogens (tertiary/aromatic N) is 1. The van der Waals surface area contributed by atoms with Crippen molar-refractivity contribution in [3.05, 3.63) is 35.1 Å². The molecule has 2 aliphatic rings. The van der Waals surface area contributed by atoms with Crippen molar-refractivity contribution >= 4 is 17.2 Å².